The number of pyridine rings is 1. The number of carbonyl (C=O) groups is 1. The molecule has 0 spiro atoms. The minimum atomic E-state index is -0.113. The Bertz CT molecular complexity index is 723. The number of aromatic nitrogens is 1. The highest BCUT2D eigenvalue weighted by atomic mass is 16.5. The second-order valence-corrected chi connectivity index (χ2v) is 6.29. The zero-order valence-electron chi connectivity index (χ0n) is 13.1. The summed E-state index contributed by atoms with van der Waals surface area (Å²) in [4.78, 5) is 16.7. The van der Waals surface area contributed by atoms with Crippen LogP contribution in [0.25, 0.3) is 0 Å². The van der Waals surface area contributed by atoms with Crippen molar-refractivity contribution in [2.45, 2.75) is 32.7 Å². The van der Waals surface area contributed by atoms with Gasteiger partial charge >= 0.3 is 0 Å². The molecule has 0 bridgehead atoms. The maximum atomic E-state index is 12.5. The predicted octanol–water partition coefficient (Wildman–Crippen LogP) is 2.99. The Hall–Kier alpha value is -2.36. The number of ether oxygens (including phenoxy) is 1. The Kier molecular flexibility index (Phi) is 3.61. The summed E-state index contributed by atoms with van der Waals surface area (Å²) < 4.78 is 5.77. The monoisotopic (exact) mass is 296 g/mol. The van der Waals surface area contributed by atoms with Gasteiger partial charge in [0.25, 0.3) is 5.91 Å². The van der Waals surface area contributed by atoms with Gasteiger partial charge in [-0.1, -0.05) is 32.0 Å². The molecule has 3 rings (SSSR count). The molecular formula is C18H20N2O2. The van der Waals surface area contributed by atoms with E-state index >= 15 is 0 Å². The van der Waals surface area contributed by atoms with Gasteiger partial charge in [-0.25, -0.2) is 0 Å². The molecule has 1 aliphatic rings. The van der Waals surface area contributed by atoms with E-state index in [1.54, 1.807) is 6.20 Å². The molecule has 0 saturated carbocycles. The molecule has 22 heavy (non-hydrogen) atoms. The summed E-state index contributed by atoms with van der Waals surface area (Å²) in [6.45, 7) is 7.26. The van der Waals surface area contributed by atoms with E-state index in [0.717, 1.165) is 16.8 Å². The van der Waals surface area contributed by atoms with Crippen molar-refractivity contribution in [2.75, 3.05) is 6.61 Å². The van der Waals surface area contributed by atoms with Crippen LogP contribution in [0.3, 0.4) is 0 Å². The number of nitrogens with one attached hydrogen (secondary N) is 1. The van der Waals surface area contributed by atoms with E-state index in [-0.39, 0.29) is 11.3 Å². The van der Waals surface area contributed by atoms with E-state index in [4.69, 9.17) is 4.74 Å². The molecule has 0 atom stereocenters. The van der Waals surface area contributed by atoms with Crippen molar-refractivity contribution in [3.63, 3.8) is 0 Å². The average Bonchev–Trinajstić information content (AvgIpc) is 2.82. The highest BCUT2D eigenvalue weighted by molar-refractivity contribution is 5.97. The third kappa shape index (κ3) is 2.56. The second kappa shape index (κ2) is 5.44. The first-order valence-electron chi connectivity index (χ1n) is 7.44. The Morgan fingerprint density at radius 3 is 2.91 bits per heavy atom. The van der Waals surface area contributed by atoms with Crippen molar-refractivity contribution < 1.29 is 9.53 Å². The lowest BCUT2D eigenvalue weighted by Gasteiger charge is -2.15. The van der Waals surface area contributed by atoms with E-state index < -0.39 is 0 Å². The molecule has 0 fully saturated rings. The Morgan fingerprint density at radius 2 is 2.14 bits per heavy atom. The van der Waals surface area contributed by atoms with Gasteiger partial charge in [0.1, 0.15) is 5.75 Å². The molecule has 2 heterocycles. The summed E-state index contributed by atoms with van der Waals surface area (Å²) in [6.07, 6.45) is 1.75. The van der Waals surface area contributed by atoms with E-state index in [0.29, 0.717) is 24.5 Å². The Labute approximate surface area is 130 Å². The first kappa shape index (κ1) is 14.6. The second-order valence-electron chi connectivity index (χ2n) is 6.29. The number of aryl methyl sites for hydroxylation is 1. The van der Waals surface area contributed by atoms with Crippen molar-refractivity contribution in [1.82, 2.24) is 10.3 Å². The number of nitrogens with zero attached hydrogens (tertiary/aromatic N) is 1. The lowest BCUT2D eigenvalue weighted by molar-refractivity contribution is 0.0947. The van der Waals surface area contributed by atoms with Crippen molar-refractivity contribution in [1.29, 1.82) is 0 Å². The lowest BCUT2D eigenvalue weighted by atomic mass is 9.86. The van der Waals surface area contributed by atoms with Crippen LogP contribution < -0.4 is 10.1 Å². The molecule has 0 saturated heterocycles. The van der Waals surface area contributed by atoms with Gasteiger partial charge in [-0.3, -0.25) is 9.78 Å². The van der Waals surface area contributed by atoms with Crippen LogP contribution in [-0.4, -0.2) is 17.5 Å². The van der Waals surface area contributed by atoms with Crippen molar-refractivity contribution in [3.05, 3.63) is 58.9 Å². The normalized spacial score (nSPS) is 15.0. The fourth-order valence-corrected chi connectivity index (χ4v) is 2.71. The number of benzene rings is 1. The van der Waals surface area contributed by atoms with Crippen LogP contribution in [0.4, 0.5) is 0 Å². The van der Waals surface area contributed by atoms with Gasteiger partial charge in [0, 0.05) is 29.4 Å². The van der Waals surface area contributed by atoms with Gasteiger partial charge in [0.15, 0.2) is 0 Å². The molecule has 1 amide bonds. The zero-order valence-corrected chi connectivity index (χ0v) is 13.1. The fourth-order valence-electron chi connectivity index (χ4n) is 2.71. The highest BCUT2D eigenvalue weighted by Crippen LogP contribution is 2.40. The van der Waals surface area contributed by atoms with Gasteiger partial charge in [-0.2, -0.15) is 0 Å². The molecule has 4 heteroatoms. The predicted molar refractivity (Wildman–Crippen MR) is 85.1 cm³/mol. The van der Waals surface area contributed by atoms with Crippen LogP contribution in [0.1, 0.15) is 41.0 Å². The summed E-state index contributed by atoms with van der Waals surface area (Å²) >= 11 is 0. The number of fused-ring (bicyclic) bond motifs is 1. The summed E-state index contributed by atoms with van der Waals surface area (Å²) in [5.74, 6) is 0.603. The molecule has 1 aromatic heterocycles. The van der Waals surface area contributed by atoms with Gasteiger partial charge in [-0.05, 0) is 24.6 Å². The Balaban J connectivity index is 1.80. The Morgan fingerprint density at radius 1 is 1.32 bits per heavy atom. The molecule has 4 nitrogen and oxygen atoms in total. The molecule has 0 radical (unpaired) electrons. The lowest BCUT2D eigenvalue weighted by Crippen LogP contribution is -2.23. The molecule has 1 N–H and O–H groups in total. The van der Waals surface area contributed by atoms with Gasteiger partial charge < -0.3 is 10.1 Å². The molecule has 2 aromatic rings. The number of hydrogen-bond acceptors (Lipinski definition) is 3. The van der Waals surface area contributed by atoms with Gasteiger partial charge in [-0.15, -0.1) is 0 Å². The molecular weight excluding hydrogens is 276 g/mol. The number of hydrogen-bond donors (Lipinski definition) is 1. The number of amides is 1. The van der Waals surface area contributed by atoms with E-state index in [1.165, 1.54) is 0 Å². The number of carbonyl (C=O) groups excluding carboxylic acids is 1. The van der Waals surface area contributed by atoms with Crippen molar-refractivity contribution >= 4 is 5.91 Å². The molecule has 1 aliphatic heterocycles. The van der Waals surface area contributed by atoms with Crippen LogP contribution >= 0.6 is 0 Å². The minimum absolute atomic E-state index is 0.0500. The van der Waals surface area contributed by atoms with Crippen molar-refractivity contribution in [2.24, 2.45) is 0 Å². The molecule has 0 aliphatic carbocycles. The quantitative estimate of drug-likeness (QED) is 0.947. The van der Waals surface area contributed by atoms with E-state index in [2.05, 4.69) is 24.1 Å². The summed E-state index contributed by atoms with van der Waals surface area (Å²) in [5.41, 5.74) is 3.59. The maximum absolute atomic E-state index is 12.5. The first-order chi connectivity index (χ1) is 10.5. The van der Waals surface area contributed by atoms with E-state index in [1.807, 2.05) is 37.3 Å². The molecule has 0 unspecified atom stereocenters. The molecule has 114 valence electrons. The third-order valence-electron chi connectivity index (χ3n) is 4.12. The van der Waals surface area contributed by atoms with Crippen molar-refractivity contribution in [3.8, 4) is 5.75 Å². The SMILES string of the molecule is Cc1ncccc1CNC(=O)c1cccc2c1OCC2(C)C. The number of rotatable bonds is 3. The maximum Gasteiger partial charge on any atom is 0.255 e. The van der Waals surface area contributed by atoms with Crippen LogP contribution in [0.2, 0.25) is 0 Å². The standard InChI is InChI=1S/C18H20N2O2/c1-12-13(6-5-9-19-12)10-20-17(21)14-7-4-8-15-16(14)22-11-18(15,2)3/h4-9H,10-11H2,1-3H3,(H,20,21). The van der Waals surface area contributed by atoms with E-state index in [9.17, 15) is 4.79 Å². The summed E-state index contributed by atoms with van der Waals surface area (Å²) in [5, 5.41) is 2.95. The zero-order chi connectivity index (χ0) is 15.7. The molecule has 1 aromatic carbocycles. The topological polar surface area (TPSA) is 51.2 Å². The highest BCUT2D eigenvalue weighted by Gasteiger charge is 2.34. The largest absolute Gasteiger partial charge is 0.492 e. The van der Waals surface area contributed by atoms with Crippen LogP contribution in [0.5, 0.6) is 5.75 Å². The first-order valence-corrected chi connectivity index (χ1v) is 7.44. The van der Waals surface area contributed by atoms with Crippen LogP contribution in [0.15, 0.2) is 36.5 Å². The van der Waals surface area contributed by atoms with Crippen LogP contribution in [0, 0.1) is 6.92 Å². The fraction of sp³-hybridized carbons (Fsp3) is 0.333. The summed E-state index contributed by atoms with van der Waals surface area (Å²) in [6, 6.07) is 9.60. The smallest absolute Gasteiger partial charge is 0.255 e. The summed E-state index contributed by atoms with van der Waals surface area (Å²) in [7, 11) is 0. The van der Waals surface area contributed by atoms with Gasteiger partial charge in [0.2, 0.25) is 0 Å². The van der Waals surface area contributed by atoms with Crippen LogP contribution in [-0.2, 0) is 12.0 Å². The van der Waals surface area contributed by atoms with Gasteiger partial charge in [0.05, 0.1) is 12.2 Å². The third-order valence-corrected chi connectivity index (χ3v) is 4.12. The minimum Gasteiger partial charge on any atom is -0.492 e. The average molecular weight is 296 g/mol. The number of para-hydroxylation sites is 1.